The zero-order chi connectivity index (χ0) is 9.19. The van der Waals surface area contributed by atoms with Crippen LogP contribution < -0.4 is 5.32 Å². The molecule has 3 heteroatoms. The van der Waals surface area contributed by atoms with Crippen molar-refractivity contribution >= 4 is 11.8 Å². The molecule has 0 radical (unpaired) electrons. The summed E-state index contributed by atoms with van der Waals surface area (Å²) in [6.45, 7) is 7.67. The van der Waals surface area contributed by atoms with Gasteiger partial charge in [0.1, 0.15) is 0 Å². The van der Waals surface area contributed by atoms with E-state index in [1.807, 2.05) is 11.8 Å². The van der Waals surface area contributed by atoms with Gasteiger partial charge in [0.25, 0.3) is 0 Å². The molecule has 2 unspecified atom stereocenters. The zero-order valence-corrected chi connectivity index (χ0v) is 9.20. The average Bonchev–Trinajstić information content (AvgIpc) is 2.35. The van der Waals surface area contributed by atoms with Crippen LogP contribution in [0.4, 0.5) is 0 Å². The fourth-order valence-corrected chi connectivity index (χ4v) is 2.77. The van der Waals surface area contributed by atoms with E-state index in [1.54, 1.807) is 7.11 Å². The lowest BCUT2D eigenvalue weighted by molar-refractivity contribution is 0.0140. The molecule has 1 heterocycles. The summed E-state index contributed by atoms with van der Waals surface area (Å²) in [5, 5.41) is 4.81. The highest BCUT2D eigenvalue weighted by atomic mass is 32.2. The van der Waals surface area contributed by atoms with Crippen molar-refractivity contribution in [1.29, 1.82) is 0 Å². The van der Waals surface area contributed by atoms with E-state index < -0.39 is 0 Å². The Hall–Kier alpha value is 0.270. The SMILES string of the molecule is COC(C)(C)CC1NCC(C)S1. The van der Waals surface area contributed by atoms with Crippen molar-refractivity contribution < 1.29 is 4.74 Å². The molecule has 0 aromatic heterocycles. The van der Waals surface area contributed by atoms with Crippen molar-refractivity contribution in [2.45, 2.75) is 43.4 Å². The molecule has 0 aliphatic carbocycles. The van der Waals surface area contributed by atoms with Crippen LogP contribution in [-0.2, 0) is 4.74 Å². The Labute approximate surface area is 79.4 Å². The summed E-state index contributed by atoms with van der Waals surface area (Å²) in [4.78, 5) is 0. The Bertz CT molecular complexity index is 149. The van der Waals surface area contributed by atoms with Gasteiger partial charge in [0, 0.05) is 25.3 Å². The van der Waals surface area contributed by atoms with Crippen molar-refractivity contribution in [3.8, 4) is 0 Å². The molecule has 0 amide bonds. The molecule has 2 atom stereocenters. The first-order valence-corrected chi connectivity index (χ1v) is 5.42. The van der Waals surface area contributed by atoms with Crippen LogP contribution in [0.3, 0.4) is 0 Å². The first-order chi connectivity index (χ1) is 5.53. The van der Waals surface area contributed by atoms with E-state index in [0.717, 1.165) is 18.2 Å². The van der Waals surface area contributed by atoms with Gasteiger partial charge < -0.3 is 10.1 Å². The smallest absolute Gasteiger partial charge is 0.0645 e. The summed E-state index contributed by atoms with van der Waals surface area (Å²) >= 11 is 2.02. The van der Waals surface area contributed by atoms with Crippen molar-refractivity contribution in [2.75, 3.05) is 13.7 Å². The van der Waals surface area contributed by atoms with E-state index in [0.29, 0.717) is 5.37 Å². The van der Waals surface area contributed by atoms with Gasteiger partial charge in [-0.05, 0) is 13.8 Å². The number of hydrogen-bond acceptors (Lipinski definition) is 3. The topological polar surface area (TPSA) is 21.3 Å². The Morgan fingerprint density at radius 1 is 1.58 bits per heavy atom. The fourth-order valence-electron chi connectivity index (χ4n) is 1.32. The maximum absolute atomic E-state index is 5.38. The quantitative estimate of drug-likeness (QED) is 0.732. The van der Waals surface area contributed by atoms with Gasteiger partial charge in [-0.2, -0.15) is 0 Å². The second-order valence-corrected chi connectivity index (χ2v) is 5.66. The minimum Gasteiger partial charge on any atom is -0.379 e. The molecule has 2 nitrogen and oxygen atoms in total. The standard InChI is InChI=1S/C9H19NOS/c1-7-6-10-8(12-7)5-9(2,3)11-4/h7-8,10H,5-6H2,1-4H3. The number of nitrogens with one attached hydrogen (secondary N) is 1. The van der Waals surface area contributed by atoms with E-state index >= 15 is 0 Å². The van der Waals surface area contributed by atoms with E-state index in [-0.39, 0.29) is 5.60 Å². The molecule has 0 bridgehead atoms. The molecule has 1 aliphatic heterocycles. The van der Waals surface area contributed by atoms with Gasteiger partial charge in [-0.3, -0.25) is 0 Å². The number of methoxy groups -OCH3 is 1. The summed E-state index contributed by atoms with van der Waals surface area (Å²) in [6, 6.07) is 0. The lowest BCUT2D eigenvalue weighted by Crippen LogP contribution is -2.32. The van der Waals surface area contributed by atoms with Gasteiger partial charge >= 0.3 is 0 Å². The normalized spacial score (nSPS) is 31.0. The van der Waals surface area contributed by atoms with Crippen LogP contribution in [-0.4, -0.2) is 29.9 Å². The molecule has 0 aromatic carbocycles. The van der Waals surface area contributed by atoms with Crippen LogP contribution in [0.15, 0.2) is 0 Å². The molecule has 1 fully saturated rings. The summed E-state index contributed by atoms with van der Waals surface area (Å²) in [5.41, 5.74) is 0.00866. The molecule has 0 aromatic rings. The number of thioether (sulfide) groups is 1. The molecule has 1 N–H and O–H groups in total. The third-order valence-electron chi connectivity index (χ3n) is 2.26. The largest absolute Gasteiger partial charge is 0.379 e. The fraction of sp³-hybridized carbons (Fsp3) is 1.00. The second-order valence-electron chi connectivity index (χ2n) is 4.01. The van der Waals surface area contributed by atoms with Crippen LogP contribution in [0.25, 0.3) is 0 Å². The zero-order valence-electron chi connectivity index (χ0n) is 8.39. The predicted molar refractivity (Wildman–Crippen MR) is 54.5 cm³/mol. The molecule has 72 valence electrons. The maximum atomic E-state index is 5.38. The van der Waals surface area contributed by atoms with Gasteiger partial charge in [0.2, 0.25) is 0 Å². The summed E-state index contributed by atoms with van der Waals surface area (Å²) in [6.07, 6.45) is 1.08. The van der Waals surface area contributed by atoms with Crippen molar-refractivity contribution in [2.24, 2.45) is 0 Å². The van der Waals surface area contributed by atoms with E-state index in [9.17, 15) is 0 Å². The molecular formula is C9H19NOS. The molecule has 1 aliphatic rings. The number of ether oxygens (including phenoxy) is 1. The van der Waals surface area contributed by atoms with E-state index in [4.69, 9.17) is 4.74 Å². The molecular weight excluding hydrogens is 170 g/mol. The van der Waals surface area contributed by atoms with E-state index in [1.165, 1.54) is 0 Å². The van der Waals surface area contributed by atoms with Gasteiger partial charge in [-0.1, -0.05) is 6.92 Å². The highest BCUT2D eigenvalue weighted by Gasteiger charge is 2.28. The van der Waals surface area contributed by atoms with Gasteiger partial charge in [-0.25, -0.2) is 0 Å². The monoisotopic (exact) mass is 189 g/mol. The highest BCUT2D eigenvalue weighted by Crippen LogP contribution is 2.29. The molecule has 12 heavy (non-hydrogen) atoms. The van der Waals surface area contributed by atoms with Crippen LogP contribution >= 0.6 is 11.8 Å². The second kappa shape index (κ2) is 3.99. The lowest BCUT2D eigenvalue weighted by atomic mass is 10.1. The number of hydrogen-bond donors (Lipinski definition) is 1. The van der Waals surface area contributed by atoms with Crippen molar-refractivity contribution in [3.63, 3.8) is 0 Å². The van der Waals surface area contributed by atoms with Gasteiger partial charge in [-0.15, -0.1) is 11.8 Å². The number of rotatable bonds is 3. The summed E-state index contributed by atoms with van der Waals surface area (Å²) in [7, 11) is 1.78. The van der Waals surface area contributed by atoms with Crippen LogP contribution in [0.5, 0.6) is 0 Å². The van der Waals surface area contributed by atoms with Gasteiger partial charge in [0.15, 0.2) is 0 Å². The van der Waals surface area contributed by atoms with Crippen LogP contribution in [0.2, 0.25) is 0 Å². The third-order valence-corrected chi connectivity index (χ3v) is 3.55. The average molecular weight is 189 g/mol. The van der Waals surface area contributed by atoms with Crippen LogP contribution in [0.1, 0.15) is 27.2 Å². The molecule has 0 saturated carbocycles. The molecule has 1 saturated heterocycles. The first kappa shape index (κ1) is 10.4. The minimum atomic E-state index is 0.00866. The van der Waals surface area contributed by atoms with Crippen LogP contribution in [0, 0.1) is 0 Å². The highest BCUT2D eigenvalue weighted by molar-refractivity contribution is 8.00. The Morgan fingerprint density at radius 3 is 2.67 bits per heavy atom. The summed E-state index contributed by atoms with van der Waals surface area (Å²) < 4.78 is 5.38. The maximum Gasteiger partial charge on any atom is 0.0645 e. The molecule has 0 spiro atoms. The Balaban J connectivity index is 2.32. The third kappa shape index (κ3) is 2.96. The molecule has 1 rings (SSSR count). The van der Waals surface area contributed by atoms with Gasteiger partial charge in [0.05, 0.1) is 11.0 Å². The van der Waals surface area contributed by atoms with Crippen molar-refractivity contribution in [3.05, 3.63) is 0 Å². The minimum absolute atomic E-state index is 0.00866. The van der Waals surface area contributed by atoms with E-state index in [2.05, 4.69) is 26.1 Å². The van der Waals surface area contributed by atoms with Crippen molar-refractivity contribution in [1.82, 2.24) is 5.32 Å². The predicted octanol–water partition coefficient (Wildman–Crippen LogP) is 1.85. The summed E-state index contributed by atoms with van der Waals surface area (Å²) in [5.74, 6) is 0. The first-order valence-electron chi connectivity index (χ1n) is 4.47. The lowest BCUT2D eigenvalue weighted by Gasteiger charge is -2.25. The Kier molecular flexibility index (Phi) is 3.44. The Morgan fingerprint density at radius 2 is 2.25 bits per heavy atom.